The predicted octanol–water partition coefficient (Wildman–Crippen LogP) is 3.18. The summed E-state index contributed by atoms with van der Waals surface area (Å²) in [7, 11) is 3.10. The van der Waals surface area contributed by atoms with Crippen molar-refractivity contribution in [1.82, 2.24) is 10.4 Å². The molecule has 6 nitrogen and oxygen atoms in total. The van der Waals surface area contributed by atoms with Crippen molar-refractivity contribution < 1.29 is 19.1 Å². The van der Waals surface area contributed by atoms with Gasteiger partial charge in [-0.2, -0.15) is 5.01 Å². The molecule has 0 aromatic heterocycles. The van der Waals surface area contributed by atoms with Crippen LogP contribution in [0, 0.1) is 0 Å². The number of nitrogens with zero attached hydrogens (tertiary/aromatic N) is 1. The summed E-state index contributed by atoms with van der Waals surface area (Å²) < 4.78 is 10.8. The monoisotopic (exact) mass is 414 g/mol. The Hall–Kier alpha value is -2.84. The largest absolute Gasteiger partial charge is 0.493 e. The van der Waals surface area contributed by atoms with E-state index >= 15 is 0 Å². The van der Waals surface area contributed by atoms with Crippen LogP contribution < -0.4 is 14.9 Å². The molecule has 3 rings (SSSR count). The predicted molar refractivity (Wildman–Crippen MR) is 113 cm³/mol. The van der Waals surface area contributed by atoms with Crippen LogP contribution >= 0.6 is 24.0 Å². The van der Waals surface area contributed by atoms with E-state index in [0.29, 0.717) is 16.4 Å². The molecule has 1 fully saturated rings. The van der Waals surface area contributed by atoms with Crippen LogP contribution in [-0.4, -0.2) is 35.4 Å². The highest BCUT2D eigenvalue weighted by Gasteiger charge is 2.33. The van der Waals surface area contributed by atoms with Crippen LogP contribution in [-0.2, 0) is 16.0 Å². The van der Waals surface area contributed by atoms with Crippen LogP contribution in [0.3, 0.4) is 0 Å². The summed E-state index contributed by atoms with van der Waals surface area (Å²) in [6.45, 7) is 0. The average molecular weight is 415 g/mol. The average Bonchev–Trinajstić information content (AvgIpc) is 2.96. The molecule has 1 aliphatic heterocycles. The van der Waals surface area contributed by atoms with Crippen molar-refractivity contribution in [3.05, 3.63) is 64.6 Å². The molecule has 28 heavy (non-hydrogen) atoms. The summed E-state index contributed by atoms with van der Waals surface area (Å²) in [6, 6.07) is 14.6. The molecule has 2 amide bonds. The fourth-order valence-corrected chi connectivity index (χ4v) is 3.78. The number of thiocarbonyl (C=S) groups is 1. The molecule has 0 spiro atoms. The van der Waals surface area contributed by atoms with E-state index in [-0.39, 0.29) is 22.6 Å². The first-order valence-electron chi connectivity index (χ1n) is 8.35. The summed E-state index contributed by atoms with van der Waals surface area (Å²) >= 11 is 6.38. The third kappa shape index (κ3) is 4.52. The topological polar surface area (TPSA) is 67.9 Å². The molecule has 1 heterocycles. The number of hydrazine groups is 1. The lowest BCUT2D eigenvalue weighted by atomic mass is 10.1. The van der Waals surface area contributed by atoms with Crippen molar-refractivity contribution in [1.29, 1.82) is 0 Å². The quantitative estimate of drug-likeness (QED) is 0.579. The van der Waals surface area contributed by atoms with Gasteiger partial charge in [-0.05, 0) is 41.6 Å². The van der Waals surface area contributed by atoms with E-state index in [4.69, 9.17) is 21.7 Å². The van der Waals surface area contributed by atoms with Gasteiger partial charge in [-0.3, -0.25) is 15.0 Å². The van der Waals surface area contributed by atoms with E-state index in [2.05, 4.69) is 5.43 Å². The van der Waals surface area contributed by atoms with E-state index in [9.17, 15) is 9.59 Å². The van der Waals surface area contributed by atoms with E-state index in [0.717, 1.165) is 27.9 Å². The smallest absolute Gasteiger partial charge is 0.285 e. The van der Waals surface area contributed by atoms with E-state index < -0.39 is 0 Å². The van der Waals surface area contributed by atoms with E-state index in [1.807, 2.05) is 36.4 Å². The molecule has 0 saturated carbocycles. The van der Waals surface area contributed by atoms with Crippen LogP contribution in [0.4, 0.5) is 0 Å². The molecule has 0 bridgehead atoms. The Morgan fingerprint density at radius 3 is 2.54 bits per heavy atom. The second kappa shape index (κ2) is 8.90. The molecule has 0 atom stereocenters. The van der Waals surface area contributed by atoms with Gasteiger partial charge in [-0.15, -0.1) is 0 Å². The van der Waals surface area contributed by atoms with Gasteiger partial charge in [0.05, 0.1) is 25.5 Å². The van der Waals surface area contributed by atoms with Crippen LogP contribution in [0.1, 0.15) is 11.1 Å². The summed E-state index contributed by atoms with van der Waals surface area (Å²) in [5.74, 6) is 0.476. The van der Waals surface area contributed by atoms with Crippen LogP contribution in [0.5, 0.6) is 11.5 Å². The van der Waals surface area contributed by atoms with Gasteiger partial charge in [0.25, 0.3) is 5.91 Å². The van der Waals surface area contributed by atoms with E-state index in [1.54, 1.807) is 32.4 Å². The molecule has 1 N–H and O–H groups in total. The zero-order valence-electron chi connectivity index (χ0n) is 15.3. The van der Waals surface area contributed by atoms with Crippen LogP contribution in [0.15, 0.2) is 53.4 Å². The number of ether oxygens (including phenoxy) is 2. The molecule has 1 saturated heterocycles. The fourth-order valence-electron chi connectivity index (χ4n) is 2.60. The normalized spacial score (nSPS) is 15.1. The van der Waals surface area contributed by atoms with E-state index in [1.165, 1.54) is 0 Å². The summed E-state index contributed by atoms with van der Waals surface area (Å²) in [6.07, 6.45) is 1.86. The molecule has 0 aliphatic carbocycles. The highest BCUT2D eigenvalue weighted by Crippen LogP contribution is 2.33. The molecule has 2 aromatic carbocycles. The minimum atomic E-state index is -0.369. The lowest BCUT2D eigenvalue weighted by Crippen LogP contribution is -2.45. The number of hydrogen-bond acceptors (Lipinski definition) is 6. The number of thioether (sulfide) groups is 1. The number of nitrogens with one attached hydrogen (secondary N) is 1. The second-order valence-electron chi connectivity index (χ2n) is 5.83. The summed E-state index contributed by atoms with van der Waals surface area (Å²) in [5.41, 5.74) is 4.19. The first-order valence-corrected chi connectivity index (χ1v) is 9.57. The summed E-state index contributed by atoms with van der Waals surface area (Å²) in [4.78, 5) is 25.3. The molecule has 144 valence electrons. The van der Waals surface area contributed by atoms with Gasteiger partial charge in [0, 0.05) is 0 Å². The SMILES string of the molecule is COc1ccc(/C=C2\SC(=S)N(NC(=O)Cc3ccccc3)C2=O)cc1OC. The zero-order valence-corrected chi connectivity index (χ0v) is 16.9. The van der Waals surface area contributed by atoms with Gasteiger partial charge in [0.15, 0.2) is 15.8 Å². The molecule has 1 aliphatic rings. The van der Waals surface area contributed by atoms with Crippen molar-refractivity contribution in [2.75, 3.05) is 14.2 Å². The third-order valence-corrected chi connectivity index (χ3v) is 5.25. The molecular formula is C20H18N2O4S2. The molecule has 8 heteroatoms. The van der Waals surface area contributed by atoms with Gasteiger partial charge in [0.1, 0.15) is 0 Å². The Balaban J connectivity index is 1.72. The number of methoxy groups -OCH3 is 2. The maximum Gasteiger partial charge on any atom is 0.285 e. The number of carbonyl (C=O) groups is 2. The maximum atomic E-state index is 12.7. The van der Waals surface area contributed by atoms with Crippen molar-refractivity contribution in [3.8, 4) is 11.5 Å². The van der Waals surface area contributed by atoms with Gasteiger partial charge in [-0.1, -0.05) is 48.2 Å². The number of rotatable bonds is 6. The molecule has 2 aromatic rings. The Bertz CT molecular complexity index is 944. The third-order valence-electron chi connectivity index (χ3n) is 3.94. The Morgan fingerprint density at radius 2 is 1.86 bits per heavy atom. The number of hydrogen-bond donors (Lipinski definition) is 1. The standard InChI is InChI=1S/C20H18N2O4S2/c1-25-15-9-8-14(10-16(15)26-2)11-17-19(24)22(20(27)28-17)21-18(23)12-13-6-4-3-5-7-13/h3-11H,12H2,1-2H3,(H,21,23)/b17-11-. The molecule has 0 unspecified atom stereocenters. The molecular weight excluding hydrogens is 396 g/mol. The number of benzene rings is 2. The van der Waals surface area contributed by atoms with Gasteiger partial charge in [-0.25, -0.2) is 0 Å². The zero-order chi connectivity index (χ0) is 20.1. The lowest BCUT2D eigenvalue weighted by Gasteiger charge is -2.15. The first kappa shape index (κ1) is 19.9. The number of carbonyl (C=O) groups excluding carboxylic acids is 2. The Kier molecular flexibility index (Phi) is 6.33. The van der Waals surface area contributed by atoms with Crippen molar-refractivity contribution in [2.45, 2.75) is 6.42 Å². The van der Waals surface area contributed by atoms with Gasteiger partial charge in [0.2, 0.25) is 5.91 Å². The van der Waals surface area contributed by atoms with Crippen LogP contribution in [0.25, 0.3) is 6.08 Å². The highest BCUT2D eigenvalue weighted by atomic mass is 32.2. The number of amides is 2. The second-order valence-corrected chi connectivity index (χ2v) is 7.50. The van der Waals surface area contributed by atoms with Gasteiger partial charge >= 0.3 is 0 Å². The fraction of sp³-hybridized carbons (Fsp3) is 0.150. The van der Waals surface area contributed by atoms with Crippen molar-refractivity contribution >= 4 is 46.2 Å². The first-order chi connectivity index (χ1) is 13.5. The van der Waals surface area contributed by atoms with Gasteiger partial charge < -0.3 is 9.47 Å². The highest BCUT2D eigenvalue weighted by molar-refractivity contribution is 8.26. The van der Waals surface area contributed by atoms with Crippen molar-refractivity contribution in [3.63, 3.8) is 0 Å². The van der Waals surface area contributed by atoms with Crippen LogP contribution in [0.2, 0.25) is 0 Å². The maximum absolute atomic E-state index is 12.7. The minimum absolute atomic E-state index is 0.159. The van der Waals surface area contributed by atoms with Crippen molar-refractivity contribution in [2.24, 2.45) is 0 Å². The Labute approximate surface area is 172 Å². The molecule has 0 radical (unpaired) electrons. The minimum Gasteiger partial charge on any atom is -0.493 e. The Morgan fingerprint density at radius 1 is 1.14 bits per heavy atom. The summed E-state index contributed by atoms with van der Waals surface area (Å²) in [5, 5.41) is 1.11. The lowest BCUT2D eigenvalue weighted by molar-refractivity contribution is -0.132.